The van der Waals surface area contributed by atoms with Crippen molar-refractivity contribution >= 4 is 11.6 Å². The maximum absolute atomic E-state index is 12.4. The zero-order valence-electron chi connectivity index (χ0n) is 12.2. The van der Waals surface area contributed by atoms with E-state index in [1.807, 2.05) is 37.3 Å². The number of nitrogens with zero attached hydrogens (tertiary/aromatic N) is 1. The Kier molecular flexibility index (Phi) is 4.25. The van der Waals surface area contributed by atoms with E-state index in [1.54, 1.807) is 0 Å². The van der Waals surface area contributed by atoms with Gasteiger partial charge in [0.1, 0.15) is 0 Å². The van der Waals surface area contributed by atoms with Gasteiger partial charge in [-0.25, -0.2) is 0 Å². The lowest BCUT2D eigenvalue weighted by Gasteiger charge is -2.40. The van der Waals surface area contributed by atoms with Crippen LogP contribution in [0.5, 0.6) is 0 Å². The molecule has 1 N–H and O–H groups in total. The predicted octanol–water partition coefficient (Wildman–Crippen LogP) is 3.03. The summed E-state index contributed by atoms with van der Waals surface area (Å²) in [6.07, 6.45) is 5.10. The Morgan fingerprint density at radius 3 is 2.37 bits per heavy atom. The quantitative estimate of drug-likeness (QED) is 0.829. The van der Waals surface area contributed by atoms with E-state index in [1.165, 1.54) is 25.7 Å². The maximum Gasteiger partial charge on any atom is 0.282 e. The summed E-state index contributed by atoms with van der Waals surface area (Å²) in [4.78, 5) is 12.4. The molecule has 104 valence electrons. The summed E-state index contributed by atoms with van der Waals surface area (Å²) in [5.74, 6) is 0.114. The fourth-order valence-corrected chi connectivity index (χ4v) is 2.96. The van der Waals surface area contributed by atoms with Crippen molar-refractivity contribution in [3.8, 4) is 0 Å². The van der Waals surface area contributed by atoms with Gasteiger partial charge in [0, 0.05) is 5.69 Å². The third-order valence-electron chi connectivity index (χ3n) is 4.68. The molecule has 0 heterocycles. The van der Waals surface area contributed by atoms with E-state index in [0.29, 0.717) is 6.04 Å². The van der Waals surface area contributed by atoms with Crippen molar-refractivity contribution in [3.63, 3.8) is 0 Å². The Balaban J connectivity index is 2.02. The first-order valence-corrected chi connectivity index (χ1v) is 7.21. The molecule has 0 bridgehead atoms. The SMILES string of the molecule is C[C@@H](C(=O)Nc1ccccc1)[N+](C)(C)C1CCCC1. The second-order valence-corrected chi connectivity index (χ2v) is 6.10. The highest BCUT2D eigenvalue weighted by Gasteiger charge is 2.39. The molecule has 0 spiro atoms. The third kappa shape index (κ3) is 3.16. The molecule has 1 saturated carbocycles. The van der Waals surface area contributed by atoms with Gasteiger partial charge < -0.3 is 9.80 Å². The first kappa shape index (κ1) is 14.1. The number of hydrogen-bond donors (Lipinski definition) is 1. The van der Waals surface area contributed by atoms with Crippen LogP contribution in [0.3, 0.4) is 0 Å². The molecule has 1 fully saturated rings. The summed E-state index contributed by atoms with van der Waals surface area (Å²) < 4.78 is 0.790. The highest BCUT2D eigenvalue weighted by molar-refractivity contribution is 5.93. The predicted molar refractivity (Wildman–Crippen MR) is 78.9 cm³/mol. The Hall–Kier alpha value is -1.35. The Morgan fingerprint density at radius 1 is 1.21 bits per heavy atom. The molecule has 3 nitrogen and oxygen atoms in total. The molecule has 0 saturated heterocycles. The fourth-order valence-electron chi connectivity index (χ4n) is 2.96. The molecule has 1 aromatic rings. The number of anilines is 1. The van der Waals surface area contributed by atoms with Gasteiger partial charge in [0.15, 0.2) is 6.04 Å². The van der Waals surface area contributed by atoms with E-state index >= 15 is 0 Å². The number of para-hydroxylation sites is 1. The molecular formula is C16H25N2O+. The normalized spacial score (nSPS) is 18.3. The molecule has 1 amide bonds. The van der Waals surface area contributed by atoms with Gasteiger partial charge in [0.25, 0.3) is 5.91 Å². The Labute approximate surface area is 116 Å². The monoisotopic (exact) mass is 261 g/mol. The van der Waals surface area contributed by atoms with Crippen molar-refractivity contribution in [1.82, 2.24) is 0 Å². The first-order chi connectivity index (χ1) is 9.01. The first-order valence-electron chi connectivity index (χ1n) is 7.21. The number of hydrogen-bond acceptors (Lipinski definition) is 1. The molecule has 1 aromatic carbocycles. The number of benzene rings is 1. The minimum atomic E-state index is -0.0247. The van der Waals surface area contributed by atoms with Crippen LogP contribution in [0.15, 0.2) is 30.3 Å². The Morgan fingerprint density at radius 2 is 1.79 bits per heavy atom. The van der Waals surface area contributed by atoms with Gasteiger partial charge >= 0.3 is 0 Å². The standard InChI is InChI=1S/C16H24N2O/c1-13(18(2,3)15-11-7-8-12-15)16(19)17-14-9-5-4-6-10-14/h4-6,9-10,13,15H,7-8,11-12H2,1-3H3/p+1/t13-/m0/s1. The van der Waals surface area contributed by atoms with Crippen molar-refractivity contribution in [2.75, 3.05) is 19.4 Å². The molecule has 0 aliphatic heterocycles. The van der Waals surface area contributed by atoms with Gasteiger partial charge in [-0.1, -0.05) is 18.2 Å². The lowest BCUT2D eigenvalue weighted by Crippen LogP contribution is -2.57. The number of nitrogens with one attached hydrogen (secondary N) is 1. The minimum absolute atomic E-state index is 0.0247. The molecular weight excluding hydrogens is 236 g/mol. The number of rotatable bonds is 4. The van der Waals surface area contributed by atoms with Crippen LogP contribution in [0.1, 0.15) is 32.6 Å². The number of carbonyl (C=O) groups is 1. The lowest BCUT2D eigenvalue weighted by atomic mass is 10.1. The summed E-state index contributed by atoms with van der Waals surface area (Å²) in [5, 5.41) is 3.02. The summed E-state index contributed by atoms with van der Waals surface area (Å²) in [7, 11) is 4.37. The van der Waals surface area contributed by atoms with Crippen molar-refractivity contribution in [2.45, 2.75) is 44.7 Å². The summed E-state index contributed by atoms with van der Waals surface area (Å²) in [6, 6.07) is 10.3. The molecule has 3 heteroatoms. The molecule has 1 aliphatic carbocycles. The van der Waals surface area contributed by atoms with Crippen LogP contribution >= 0.6 is 0 Å². The second-order valence-electron chi connectivity index (χ2n) is 6.10. The molecule has 1 atom stereocenters. The number of amides is 1. The average molecular weight is 261 g/mol. The number of carbonyl (C=O) groups excluding carboxylic acids is 1. The largest absolute Gasteiger partial charge is 0.321 e. The molecule has 1 aliphatic rings. The summed E-state index contributed by atoms with van der Waals surface area (Å²) in [6.45, 7) is 2.04. The number of quaternary nitrogens is 1. The fraction of sp³-hybridized carbons (Fsp3) is 0.562. The van der Waals surface area contributed by atoms with Crippen molar-refractivity contribution in [1.29, 1.82) is 0 Å². The van der Waals surface area contributed by atoms with Crippen LogP contribution in [0, 0.1) is 0 Å². The molecule has 0 unspecified atom stereocenters. The highest BCUT2D eigenvalue weighted by Crippen LogP contribution is 2.29. The van der Waals surface area contributed by atoms with E-state index in [2.05, 4.69) is 19.4 Å². The number of likely N-dealkylation sites (N-methyl/N-ethyl adjacent to an activating group) is 1. The second kappa shape index (κ2) is 5.74. The highest BCUT2D eigenvalue weighted by atomic mass is 16.2. The molecule has 0 radical (unpaired) electrons. The van der Waals surface area contributed by atoms with Crippen LogP contribution in [0.2, 0.25) is 0 Å². The van der Waals surface area contributed by atoms with Crippen LogP contribution in [0.25, 0.3) is 0 Å². The topological polar surface area (TPSA) is 29.1 Å². The lowest BCUT2D eigenvalue weighted by molar-refractivity contribution is -0.927. The molecule has 0 aromatic heterocycles. The van der Waals surface area contributed by atoms with Crippen LogP contribution in [0.4, 0.5) is 5.69 Å². The van der Waals surface area contributed by atoms with Gasteiger partial charge in [0.2, 0.25) is 0 Å². The molecule has 2 rings (SSSR count). The van der Waals surface area contributed by atoms with Gasteiger partial charge in [-0.05, 0) is 44.7 Å². The van der Waals surface area contributed by atoms with Gasteiger partial charge in [0.05, 0.1) is 20.1 Å². The summed E-state index contributed by atoms with van der Waals surface area (Å²) in [5.41, 5.74) is 0.880. The smallest absolute Gasteiger partial charge is 0.282 e. The minimum Gasteiger partial charge on any atom is -0.321 e. The van der Waals surface area contributed by atoms with Crippen molar-refractivity contribution in [3.05, 3.63) is 30.3 Å². The van der Waals surface area contributed by atoms with E-state index in [9.17, 15) is 4.79 Å². The van der Waals surface area contributed by atoms with Crippen molar-refractivity contribution < 1.29 is 9.28 Å². The summed E-state index contributed by atoms with van der Waals surface area (Å²) >= 11 is 0. The van der Waals surface area contributed by atoms with Crippen LogP contribution < -0.4 is 5.32 Å². The van der Waals surface area contributed by atoms with Gasteiger partial charge in [-0.2, -0.15) is 0 Å². The average Bonchev–Trinajstić information content (AvgIpc) is 2.93. The third-order valence-corrected chi connectivity index (χ3v) is 4.68. The maximum atomic E-state index is 12.4. The van der Waals surface area contributed by atoms with Crippen molar-refractivity contribution in [2.24, 2.45) is 0 Å². The van der Waals surface area contributed by atoms with E-state index in [-0.39, 0.29) is 11.9 Å². The Bertz CT molecular complexity index is 422. The van der Waals surface area contributed by atoms with Crippen LogP contribution in [-0.2, 0) is 4.79 Å². The van der Waals surface area contributed by atoms with E-state index in [0.717, 1.165) is 10.2 Å². The van der Waals surface area contributed by atoms with E-state index in [4.69, 9.17) is 0 Å². The molecule has 19 heavy (non-hydrogen) atoms. The zero-order valence-corrected chi connectivity index (χ0v) is 12.2. The van der Waals surface area contributed by atoms with Gasteiger partial charge in [-0.3, -0.25) is 4.79 Å². The van der Waals surface area contributed by atoms with Crippen LogP contribution in [-0.4, -0.2) is 36.6 Å². The zero-order chi connectivity index (χ0) is 13.9. The van der Waals surface area contributed by atoms with Gasteiger partial charge in [-0.15, -0.1) is 0 Å². The van der Waals surface area contributed by atoms with E-state index < -0.39 is 0 Å².